The Hall–Kier alpha value is -0.230. The predicted molar refractivity (Wildman–Crippen MR) is 83.7 cm³/mol. The number of carbonyl (C=O) groups is 1. The van der Waals surface area contributed by atoms with E-state index in [0.29, 0.717) is 0 Å². The van der Waals surface area contributed by atoms with Crippen LogP contribution in [0.2, 0.25) is 0 Å². The van der Waals surface area contributed by atoms with Crippen LogP contribution in [0.5, 0.6) is 0 Å². The lowest BCUT2D eigenvalue weighted by Crippen LogP contribution is -2.24. The second kappa shape index (κ2) is 8.80. The Labute approximate surface area is 121 Å². The largest absolute Gasteiger partial charge is 0.352 e. The van der Waals surface area contributed by atoms with E-state index in [4.69, 9.17) is 0 Å². The Morgan fingerprint density at radius 3 is 2.59 bits per heavy atom. The third kappa shape index (κ3) is 6.31. The van der Waals surface area contributed by atoms with Crippen LogP contribution < -0.4 is 5.32 Å². The van der Waals surface area contributed by atoms with Gasteiger partial charge in [-0.2, -0.15) is 11.8 Å². The third-order valence-electron chi connectivity index (χ3n) is 2.42. The molecule has 1 amide bonds. The molecular weight excluding hydrogens is 345 g/mol. The number of unbranched alkanes of at least 4 members (excludes halogenated alkanes) is 2. The molecule has 1 aromatic carbocycles. The first-order chi connectivity index (χ1) is 8.24. The summed E-state index contributed by atoms with van der Waals surface area (Å²) in [7, 11) is 0. The zero-order valence-corrected chi connectivity index (χ0v) is 13.0. The lowest BCUT2D eigenvalue weighted by Gasteiger charge is -2.05. The second-order valence-corrected chi connectivity index (χ2v) is 6.05. The Bertz CT molecular complexity index is 340. The van der Waals surface area contributed by atoms with Gasteiger partial charge in [0.15, 0.2) is 0 Å². The molecule has 0 saturated heterocycles. The van der Waals surface area contributed by atoms with Crippen molar-refractivity contribution in [3.8, 4) is 0 Å². The van der Waals surface area contributed by atoms with Gasteiger partial charge < -0.3 is 5.32 Å². The Morgan fingerprint density at radius 1 is 1.24 bits per heavy atom. The van der Waals surface area contributed by atoms with E-state index >= 15 is 0 Å². The normalized spacial score (nSPS) is 10.2. The number of nitrogens with one attached hydrogen (secondary N) is 1. The first-order valence-electron chi connectivity index (χ1n) is 5.76. The molecule has 0 aliphatic rings. The van der Waals surface area contributed by atoms with Crippen LogP contribution in [-0.4, -0.2) is 24.5 Å². The first-order valence-corrected chi connectivity index (χ1v) is 8.24. The summed E-state index contributed by atoms with van der Waals surface area (Å²) in [5.41, 5.74) is 0.745. The number of rotatable bonds is 7. The summed E-state index contributed by atoms with van der Waals surface area (Å²) < 4.78 is 1.15. The van der Waals surface area contributed by atoms with Crippen molar-refractivity contribution in [1.29, 1.82) is 0 Å². The van der Waals surface area contributed by atoms with Crippen LogP contribution in [0.25, 0.3) is 0 Å². The van der Waals surface area contributed by atoms with E-state index in [9.17, 15) is 4.79 Å². The molecular formula is C13H18INOS. The van der Waals surface area contributed by atoms with Crippen LogP contribution in [-0.2, 0) is 0 Å². The Balaban J connectivity index is 2.19. The van der Waals surface area contributed by atoms with Crippen molar-refractivity contribution in [2.45, 2.75) is 19.3 Å². The van der Waals surface area contributed by atoms with Gasteiger partial charge in [0, 0.05) is 15.7 Å². The van der Waals surface area contributed by atoms with Crippen LogP contribution in [0.15, 0.2) is 24.3 Å². The summed E-state index contributed by atoms with van der Waals surface area (Å²) in [6, 6.07) is 7.64. The van der Waals surface area contributed by atoms with E-state index in [0.717, 1.165) is 22.1 Å². The van der Waals surface area contributed by atoms with E-state index in [1.165, 1.54) is 18.6 Å². The molecule has 1 rings (SSSR count). The monoisotopic (exact) mass is 363 g/mol. The standard InChI is InChI=1S/C13H18INOS/c1-17-10-4-2-3-9-15-13(16)11-5-7-12(14)8-6-11/h5-8H,2-4,9-10H2,1H3,(H,15,16). The molecule has 17 heavy (non-hydrogen) atoms. The molecule has 0 unspecified atom stereocenters. The number of halogens is 1. The number of benzene rings is 1. The average Bonchev–Trinajstić information content (AvgIpc) is 2.34. The summed E-state index contributed by atoms with van der Waals surface area (Å²) in [5, 5.41) is 2.95. The van der Waals surface area contributed by atoms with Gasteiger partial charge >= 0.3 is 0 Å². The van der Waals surface area contributed by atoms with E-state index in [2.05, 4.69) is 34.2 Å². The van der Waals surface area contributed by atoms with Crippen molar-refractivity contribution in [3.63, 3.8) is 0 Å². The summed E-state index contributed by atoms with van der Waals surface area (Å²) in [6.45, 7) is 0.777. The molecule has 0 fully saturated rings. The smallest absolute Gasteiger partial charge is 0.251 e. The van der Waals surface area contributed by atoms with Crippen LogP contribution >= 0.6 is 34.4 Å². The number of amides is 1. The number of thioether (sulfide) groups is 1. The van der Waals surface area contributed by atoms with E-state index in [1.807, 2.05) is 36.0 Å². The Kier molecular flexibility index (Phi) is 7.68. The van der Waals surface area contributed by atoms with Crippen LogP contribution in [0.3, 0.4) is 0 Å². The predicted octanol–water partition coefficient (Wildman–Crippen LogP) is 3.55. The highest BCUT2D eigenvalue weighted by Crippen LogP contribution is 2.07. The van der Waals surface area contributed by atoms with Gasteiger partial charge in [-0.25, -0.2) is 0 Å². The van der Waals surface area contributed by atoms with Gasteiger partial charge in [-0.1, -0.05) is 6.42 Å². The first kappa shape index (κ1) is 14.8. The highest BCUT2D eigenvalue weighted by molar-refractivity contribution is 14.1. The van der Waals surface area contributed by atoms with Gasteiger partial charge in [0.1, 0.15) is 0 Å². The summed E-state index contributed by atoms with van der Waals surface area (Å²) in [5.74, 6) is 1.25. The van der Waals surface area contributed by atoms with Gasteiger partial charge in [-0.15, -0.1) is 0 Å². The average molecular weight is 363 g/mol. The maximum absolute atomic E-state index is 11.7. The van der Waals surface area contributed by atoms with Crippen LogP contribution in [0.1, 0.15) is 29.6 Å². The molecule has 0 bridgehead atoms. The minimum Gasteiger partial charge on any atom is -0.352 e. The van der Waals surface area contributed by atoms with E-state index in [-0.39, 0.29) is 5.91 Å². The Morgan fingerprint density at radius 2 is 1.94 bits per heavy atom. The van der Waals surface area contributed by atoms with Gasteiger partial charge in [-0.3, -0.25) is 4.79 Å². The second-order valence-electron chi connectivity index (χ2n) is 3.82. The number of hydrogen-bond acceptors (Lipinski definition) is 2. The van der Waals surface area contributed by atoms with Crippen LogP contribution in [0, 0.1) is 3.57 Å². The van der Waals surface area contributed by atoms with Gasteiger partial charge in [0.25, 0.3) is 5.91 Å². The zero-order valence-electron chi connectivity index (χ0n) is 10.0. The lowest BCUT2D eigenvalue weighted by molar-refractivity contribution is 0.0953. The molecule has 0 aliphatic heterocycles. The minimum absolute atomic E-state index is 0.0336. The van der Waals surface area contributed by atoms with Crippen molar-refractivity contribution < 1.29 is 4.79 Å². The molecule has 4 heteroatoms. The van der Waals surface area contributed by atoms with Gasteiger partial charge in [0.05, 0.1) is 0 Å². The molecule has 0 heterocycles. The molecule has 2 nitrogen and oxygen atoms in total. The zero-order chi connectivity index (χ0) is 12.5. The molecule has 1 N–H and O–H groups in total. The summed E-state index contributed by atoms with van der Waals surface area (Å²) >= 11 is 4.11. The molecule has 0 radical (unpaired) electrons. The third-order valence-corrected chi connectivity index (χ3v) is 3.83. The van der Waals surface area contributed by atoms with Crippen molar-refractivity contribution in [2.75, 3.05) is 18.6 Å². The molecule has 0 aromatic heterocycles. The van der Waals surface area contributed by atoms with Crippen molar-refractivity contribution in [3.05, 3.63) is 33.4 Å². The quantitative estimate of drug-likeness (QED) is 0.593. The maximum Gasteiger partial charge on any atom is 0.251 e. The fourth-order valence-corrected chi connectivity index (χ4v) is 2.31. The number of hydrogen-bond donors (Lipinski definition) is 1. The SMILES string of the molecule is CSCCCCCNC(=O)c1ccc(I)cc1. The van der Waals surface area contributed by atoms with E-state index < -0.39 is 0 Å². The van der Waals surface area contributed by atoms with Crippen molar-refractivity contribution in [1.82, 2.24) is 5.32 Å². The molecule has 0 spiro atoms. The number of carbonyl (C=O) groups excluding carboxylic acids is 1. The highest BCUT2D eigenvalue weighted by Gasteiger charge is 2.03. The topological polar surface area (TPSA) is 29.1 Å². The van der Waals surface area contributed by atoms with Crippen molar-refractivity contribution in [2.24, 2.45) is 0 Å². The van der Waals surface area contributed by atoms with Crippen LogP contribution in [0.4, 0.5) is 0 Å². The molecule has 94 valence electrons. The molecule has 0 atom stereocenters. The van der Waals surface area contributed by atoms with Gasteiger partial charge in [-0.05, 0) is 71.7 Å². The molecule has 0 aliphatic carbocycles. The van der Waals surface area contributed by atoms with Gasteiger partial charge in [0.2, 0.25) is 0 Å². The minimum atomic E-state index is 0.0336. The fraction of sp³-hybridized carbons (Fsp3) is 0.462. The molecule has 0 saturated carbocycles. The highest BCUT2D eigenvalue weighted by atomic mass is 127. The van der Waals surface area contributed by atoms with E-state index in [1.54, 1.807) is 0 Å². The van der Waals surface area contributed by atoms with Crippen molar-refractivity contribution >= 4 is 40.3 Å². The lowest BCUT2D eigenvalue weighted by atomic mass is 10.2. The summed E-state index contributed by atoms with van der Waals surface area (Å²) in [6.07, 6.45) is 5.61. The fourth-order valence-electron chi connectivity index (χ4n) is 1.45. The maximum atomic E-state index is 11.7. The summed E-state index contributed by atoms with van der Waals surface area (Å²) in [4.78, 5) is 11.7. The molecule has 1 aromatic rings.